The molecule has 29 heavy (non-hydrogen) atoms. The number of fused-ring (bicyclic) bond motifs is 1. The summed E-state index contributed by atoms with van der Waals surface area (Å²) in [5.74, 6) is 1.83. The molecule has 3 aromatic heterocycles. The van der Waals surface area contributed by atoms with Crippen LogP contribution in [0.4, 0.5) is 11.6 Å². The number of nitrogens with two attached hydrogens (primary N) is 1. The van der Waals surface area contributed by atoms with E-state index in [1.807, 2.05) is 12.1 Å². The Morgan fingerprint density at radius 3 is 2.69 bits per heavy atom. The standard InChI is InChI=1S/C18H22N6O3S2/c1-23(29(2,25)26)11-13-9-14-17(24-5-7-27-8-6-24)21-16(22-18(14)28-13)12-3-4-15(19)20-10-12/h3-4,9-10H,5-8,11H2,1-2H3,(H2,19,20). The zero-order valence-corrected chi connectivity index (χ0v) is 17.8. The van der Waals surface area contributed by atoms with Crippen molar-refractivity contribution in [1.29, 1.82) is 0 Å². The van der Waals surface area contributed by atoms with Crippen LogP contribution in [-0.4, -0.2) is 67.3 Å². The minimum absolute atomic E-state index is 0.293. The van der Waals surface area contributed by atoms with Crippen LogP contribution in [-0.2, 0) is 21.3 Å². The van der Waals surface area contributed by atoms with Gasteiger partial charge in [0, 0.05) is 43.3 Å². The number of ether oxygens (including phenoxy) is 1. The number of hydrogen-bond donors (Lipinski definition) is 1. The Bertz CT molecular complexity index is 1120. The molecule has 1 fully saturated rings. The molecule has 0 spiro atoms. The van der Waals surface area contributed by atoms with Crippen molar-refractivity contribution in [2.45, 2.75) is 6.54 Å². The van der Waals surface area contributed by atoms with Gasteiger partial charge >= 0.3 is 0 Å². The molecule has 4 rings (SSSR count). The lowest BCUT2D eigenvalue weighted by molar-refractivity contribution is 0.122. The first kappa shape index (κ1) is 20.0. The highest BCUT2D eigenvalue weighted by Crippen LogP contribution is 2.34. The van der Waals surface area contributed by atoms with E-state index >= 15 is 0 Å². The van der Waals surface area contributed by atoms with Crippen molar-refractivity contribution >= 4 is 43.2 Å². The molecule has 1 aliphatic rings. The first-order chi connectivity index (χ1) is 13.8. The molecule has 1 aliphatic heterocycles. The third-order valence-electron chi connectivity index (χ3n) is 4.72. The number of sulfonamides is 1. The maximum Gasteiger partial charge on any atom is 0.211 e. The van der Waals surface area contributed by atoms with Gasteiger partial charge in [-0.2, -0.15) is 0 Å². The van der Waals surface area contributed by atoms with E-state index < -0.39 is 10.0 Å². The zero-order chi connectivity index (χ0) is 20.6. The highest BCUT2D eigenvalue weighted by Gasteiger charge is 2.21. The molecule has 0 bridgehead atoms. The number of hydrogen-bond acceptors (Lipinski definition) is 9. The SMILES string of the molecule is CN(Cc1cc2c(N3CCOCC3)nc(-c3ccc(N)nc3)nc2s1)S(C)(=O)=O. The lowest BCUT2D eigenvalue weighted by Gasteiger charge is -2.28. The van der Waals surface area contributed by atoms with Crippen LogP contribution in [0.25, 0.3) is 21.6 Å². The largest absolute Gasteiger partial charge is 0.384 e. The van der Waals surface area contributed by atoms with Gasteiger partial charge in [0.1, 0.15) is 16.5 Å². The quantitative estimate of drug-likeness (QED) is 0.643. The van der Waals surface area contributed by atoms with E-state index in [1.165, 1.54) is 21.9 Å². The van der Waals surface area contributed by atoms with E-state index in [0.29, 0.717) is 31.4 Å². The highest BCUT2D eigenvalue weighted by molar-refractivity contribution is 7.88. The lowest BCUT2D eigenvalue weighted by Crippen LogP contribution is -2.37. The van der Waals surface area contributed by atoms with E-state index in [4.69, 9.17) is 20.4 Å². The summed E-state index contributed by atoms with van der Waals surface area (Å²) < 4.78 is 30.4. The second-order valence-electron chi connectivity index (χ2n) is 6.89. The molecule has 1 saturated heterocycles. The molecule has 11 heteroatoms. The van der Waals surface area contributed by atoms with Crippen LogP contribution in [0.1, 0.15) is 4.88 Å². The molecule has 0 aliphatic carbocycles. The summed E-state index contributed by atoms with van der Waals surface area (Å²) in [5.41, 5.74) is 6.48. The van der Waals surface area contributed by atoms with Gasteiger partial charge in [-0.1, -0.05) is 0 Å². The molecule has 0 saturated carbocycles. The Labute approximate surface area is 173 Å². The second-order valence-corrected chi connectivity index (χ2v) is 10.1. The fraction of sp³-hybridized carbons (Fsp3) is 0.389. The van der Waals surface area contributed by atoms with Gasteiger partial charge in [0.05, 0.1) is 24.9 Å². The number of rotatable bonds is 5. The average Bonchev–Trinajstić information content (AvgIpc) is 3.10. The summed E-state index contributed by atoms with van der Waals surface area (Å²) in [5, 5.41) is 0.918. The van der Waals surface area contributed by atoms with Crippen LogP contribution in [0.3, 0.4) is 0 Å². The fourth-order valence-corrected chi connectivity index (χ4v) is 4.58. The number of morpholine rings is 1. The molecule has 3 aromatic rings. The summed E-state index contributed by atoms with van der Waals surface area (Å²) in [6, 6.07) is 5.55. The molecule has 0 unspecified atom stereocenters. The van der Waals surface area contributed by atoms with Crippen molar-refractivity contribution in [2.75, 3.05) is 50.2 Å². The maximum absolute atomic E-state index is 11.8. The predicted octanol–water partition coefficient (Wildman–Crippen LogP) is 1.56. The number of anilines is 2. The van der Waals surface area contributed by atoms with Gasteiger partial charge in [-0.25, -0.2) is 27.7 Å². The number of thiophene rings is 1. The van der Waals surface area contributed by atoms with E-state index in [2.05, 4.69) is 9.88 Å². The van der Waals surface area contributed by atoms with Gasteiger partial charge in [-0.05, 0) is 18.2 Å². The number of nitrogen functional groups attached to an aromatic ring is 1. The van der Waals surface area contributed by atoms with Crippen molar-refractivity contribution in [1.82, 2.24) is 19.3 Å². The van der Waals surface area contributed by atoms with Gasteiger partial charge in [0.25, 0.3) is 0 Å². The van der Waals surface area contributed by atoms with E-state index in [-0.39, 0.29) is 0 Å². The Morgan fingerprint density at radius 2 is 2.03 bits per heavy atom. The predicted molar refractivity (Wildman–Crippen MR) is 114 cm³/mol. The number of aromatic nitrogens is 3. The molecule has 0 aromatic carbocycles. The summed E-state index contributed by atoms with van der Waals surface area (Å²) in [6.07, 6.45) is 2.86. The molecule has 0 radical (unpaired) electrons. The average molecular weight is 435 g/mol. The minimum atomic E-state index is -3.27. The Kier molecular flexibility index (Phi) is 5.38. The monoisotopic (exact) mass is 434 g/mol. The minimum Gasteiger partial charge on any atom is -0.384 e. The van der Waals surface area contributed by atoms with Gasteiger partial charge in [0.2, 0.25) is 10.0 Å². The van der Waals surface area contributed by atoms with Crippen molar-refractivity contribution in [3.05, 3.63) is 29.3 Å². The van der Waals surface area contributed by atoms with Crippen LogP contribution in [0.2, 0.25) is 0 Å². The number of nitrogens with zero attached hydrogens (tertiary/aromatic N) is 5. The molecular weight excluding hydrogens is 412 g/mol. The van der Waals surface area contributed by atoms with Gasteiger partial charge in [-0.3, -0.25) is 0 Å². The van der Waals surface area contributed by atoms with Gasteiger partial charge in [-0.15, -0.1) is 11.3 Å². The van der Waals surface area contributed by atoms with Gasteiger partial charge < -0.3 is 15.4 Å². The van der Waals surface area contributed by atoms with Crippen molar-refractivity contribution < 1.29 is 13.2 Å². The number of pyridine rings is 1. The van der Waals surface area contributed by atoms with Crippen molar-refractivity contribution in [3.63, 3.8) is 0 Å². The zero-order valence-electron chi connectivity index (χ0n) is 16.2. The third-order valence-corrected chi connectivity index (χ3v) is 7.00. The summed E-state index contributed by atoms with van der Waals surface area (Å²) in [4.78, 5) is 17.6. The smallest absolute Gasteiger partial charge is 0.211 e. The summed E-state index contributed by atoms with van der Waals surface area (Å²) >= 11 is 1.47. The van der Waals surface area contributed by atoms with E-state index in [0.717, 1.165) is 39.6 Å². The molecule has 4 heterocycles. The van der Waals surface area contributed by atoms with E-state index in [1.54, 1.807) is 19.3 Å². The van der Waals surface area contributed by atoms with Crippen LogP contribution >= 0.6 is 11.3 Å². The van der Waals surface area contributed by atoms with Crippen molar-refractivity contribution in [3.8, 4) is 11.4 Å². The van der Waals surface area contributed by atoms with E-state index in [9.17, 15) is 8.42 Å². The van der Waals surface area contributed by atoms with Crippen LogP contribution in [0.5, 0.6) is 0 Å². The van der Waals surface area contributed by atoms with Crippen LogP contribution in [0, 0.1) is 0 Å². The molecule has 154 valence electrons. The molecular formula is C18H22N6O3S2. The van der Waals surface area contributed by atoms with Crippen LogP contribution in [0.15, 0.2) is 24.4 Å². The normalized spacial score (nSPS) is 15.3. The fourth-order valence-electron chi connectivity index (χ4n) is 3.05. The van der Waals surface area contributed by atoms with Crippen LogP contribution < -0.4 is 10.6 Å². The Morgan fingerprint density at radius 1 is 1.28 bits per heavy atom. The summed E-state index contributed by atoms with van der Waals surface area (Å²) in [7, 11) is -1.70. The molecule has 0 atom stereocenters. The lowest BCUT2D eigenvalue weighted by atomic mass is 10.2. The second kappa shape index (κ2) is 7.82. The van der Waals surface area contributed by atoms with Crippen molar-refractivity contribution in [2.24, 2.45) is 0 Å². The molecule has 0 amide bonds. The maximum atomic E-state index is 11.8. The topological polar surface area (TPSA) is 115 Å². The first-order valence-corrected chi connectivity index (χ1v) is 11.7. The Hall–Kier alpha value is -2.34. The summed E-state index contributed by atoms with van der Waals surface area (Å²) in [6.45, 7) is 3.04. The molecule has 9 nitrogen and oxygen atoms in total. The highest BCUT2D eigenvalue weighted by atomic mass is 32.2. The Balaban J connectivity index is 1.80. The van der Waals surface area contributed by atoms with Gasteiger partial charge in [0.15, 0.2) is 5.82 Å². The third kappa shape index (κ3) is 4.32. The molecule has 2 N–H and O–H groups in total. The first-order valence-electron chi connectivity index (χ1n) is 9.07.